The highest BCUT2D eigenvalue weighted by atomic mass is 16.6. The van der Waals surface area contributed by atoms with E-state index in [9.17, 15) is 4.79 Å². The number of carbonyl (C=O) groups excluding carboxylic acids is 1. The topological polar surface area (TPSA) is 42.0 Å². The lowest BCUT2D eigenvalue weighted by Gasteiger charge is -2.36. The summed E-state index contributed by atoms with van der Waals surface area (Å²) in [6.45, 7) is 13.1. The molecule has 5 heteroatoms. The van der Waals surface area contributed by atoms with Gasteiger partial charge in [0, 0.05) is 26.2 Å². The third-order valence-electron chi connectivity index (χ3n) is 4.88. The number of nitrogens with zero attached hydrogens (tertiary/aromatic N) is 2. The summed E-state index contributed by atoms with van der Waals surface area (Å²) in [7, 11) is 0. The molecular formula is C20H30N2O3. The van der Waals surface area contributed by atoms with Crippen LogP contribution in [0.1, 0.15) is 50.4 Å². The molecule has 1 aromatic rings. The Hall–Kier alpha value is -1.59. The minimum absolute atomic E-state index is 0.0519. The van der Waals surface area contributed by atoms with E-state index >= 15 is 0 Å². The Bertz CT molecular complexity index is 618. The molecule has 2 heterocycles. The molecule has 0 aliphatic carbocycles. The van der Waals surface area contributed by atoms with Gasteiger partial charge in [-0.2, -0.15) is 0 Å². The maximum Gasteiger partial charge on any atom is 0.410 e. The summed E-state index contributed by atoms with van der Waals surface area (Å²) < 4.78 is 11.0. The van der Waals surface area contributed by atoms with Gasteiger partial charge in [0.05, 0.1) is 19.3 Å². The molecule has 138 valence electrons. The van der Waals surface area contributed by atoms with Crippen molar-refractivity contribution in [2.45, 2.75) is 52.3 Å². The Morgan fingerprint density at radius 2 is 1.96 bits per heavy atom. The first-order valence-corrected chi connectivity index (χ1v) is 9.25. The first-order chi connectivity index (χ1) is 11.8. The van der Waals surface area contributed by atoms with Gasteiger partial charge in [0.15, 0.2) is 0 Å². The van der Waals surface area contributed by atoms with Gasteiger partial charge in [0.25, 0.3) is 0 Å². The van der Waals surface area contributed by atoms with E-state index in [1.165, 1.54) is 16.7 Å². The number of carbonyl (C=O) groups is 1. The van der Waals surface area contributed by atoms with E-state index < -0.39 is 5.60 Å². The molecule has 1 amide bonds. The summed E-state index contributed by atoms with van der Waals surface area (Å²) in [5.41, 5.74) is 3.48. The number of morpholine rings is 1. The van der Waals surface area contributed by atoms with Crippen LogP contribution in [0.2, 0.25) is 0 Å². The van der Waals surface area contributed by atoms with E-state index in [2.05, 4.69) is 30.0 Å². The highest BCUT2D eigenvalue weighted by molar-refractivity contribution is 5.69. The first-order valence-electron chi connectivity index (χ1n) is 9.25. The van der Waals surface area contributed by atoms with Crippen molar-refractivity contribution in [3.8, 4) is 0 Å². The Kier molecular flexibility index (Phi) is 5.35. The van der Waals surface area contributed by atoms with E-state index in [0.29, 0.717) is 6.54 Å². The summed E-state index contributed by atoms with van der Waals surface area (Å²) in [6.07, 6.45) is 0.665. The van der Waals surface area contributed by atoms with Crippen LogP contribution in [0.25, 0.3) is 0 Å². The van der Waals surface area contributed by atoms with E-state index in [-0.39, 0.29) is 12.1 Å². The predicted molar refractivity (Wildman–Crippen MR) is 97.6 cm³/mol. The van der Waals surface area contributed by atoms with E-state index in [0.717, 1.165) is 39.3 Å². The Labute approximate surface area is 150 Å². The smallest absolute Gasteiger partial charge is 0.410 e. The van der Waals surface area contributed by atoms with Crippen LogP contribution in [-0.2, 0) is 22.4 Å². The van der Waals surface area contributed by atoms with Crippen molar-refractivity contribution < 1.29 is 14.3 Å². The number of benzene rings is 1. The van der Waals surface area contributed by atoms with Crippen molar-refractivity contribution in [1.29, 1.82) is 0 Å². The molecule has 3 rings (SSSR count). The normalized spacial score (nSPS) is 21.8. The monoisotopic (exact) mass is 346 g/mol. The molecule has 1 atom stereocenters. The molecule has 2 aliphatic rings. The molecule has 5 nitrogen and oxygen atoms in total. The van der Waals surface area contributed by atoms with Gasteiger partial charge in [-0.15, -0.1) is 0 Å². The van der Waals surface area contributed by atoms with Crippen LogP contribution in [0, 0.1) is 0 Å². The lowest BCUT2D eigenvalue weighted by Crippen LogP contribution is -2.42. The van der Waals surface area contributed by atoms with Gasteiger partial charge in [-0.05, 0) is 50.8 Å². The minimum atomic E-state index is -0.459. The lowest BCUT2D eigenvalue weighted by molar-refractivity contribution is 0.0159. The fourth-order valence-electron chi connectivity index (χ4n) is 3.57. The molecule has 0 saturated carbocycles. The van der Waals surface area contributed by atoms with E-state index in [1.807, 2.05) is 25.7 Å². The second-order valence-corrected chi connectivity index (χ2v) is 8.02. The second kappa shape index (κ2) is 7.34. The summed E-state index contributed by atoms with van der Waals surface area (Å²) >= 11 is 0. The number of hydrogen-bond donors (Lipinski definition) is 0. The summed E-state index contributed by atoms with van der Waals surface area (Å²) in [4.78, 5) is 16.7. The zero-order valence-electron chi connectivity index (χ0n) is 15.9. The van der Waals surface area contributed by atoms with Crippen LogP contribution >= 0.6 is 0 Å². The molecule has 25 heavy (non-hydrogen) atoms. The quantitative estimate of drug-likeness (QED) is 0.823. The fraction of sp³-hybridized carbons (Fsp3) is 0.650. The van der Waals surface area contributed by atoms with E-state index in [4.69, 9.17) is 9.47 Å². The van der Waals surface area contributed by atoms with Crippen molar-refractivity contribution in [2.24, 2.45) is 0 Å². The van der Waals surface area contributed by atoms with Crippen molar-refractivity contribution in [2.75, 3.05) is 32.8 Å². The van der Waals surface area contributed by atoms with Crippen LogP contribution < -0.4 is 0 Å². The van der Waals surface area contributed by atoms with Crippen LogP contribution in [0.4, 0.5) is 4.79 Å². The molecule has 1 saturated heterocycles. The van der Waals surface area contributed by atoms with Gasteiger partial charge in [-0.1, -0.05) is 18.2 Å². The van der Waals surface area contributed by atoms with Crippen LogP contribution in [0.3, 0.4) is 0 Å². The van der Waals surface area contributed by atoms with Gasteiger partial charge in [-0.3, -0.25) is 4.90 Å². The average Bonchev–Trinajstić information content (AvgIpc) is 2.54. The molecule has 0 radical (unpaired) electrons. The molecule has 0 bridgehead atoms. The van der Waals surface area contributed by atoms with Crippen LogP contribution in [0.5, 0.6) is 0 Å². The van der Waals surface area contributed by atoms with Gasteiger partial charge in [-0.25, -0.2) is 4.79 Å². The molecule has 1 fully saturated rings. The number of hydrogen-bond acceptors (Lipinski definition) is 4. The zero-order chi connectivity index (χ0) is 18.0. The first kappa shape index (κ1) is 18.2. The summed E-state index contributed by atoms with van der Waals surface area (Å²) in [5.74, 6) is 0. The predicted octanol–water partition coefficient (Wildman–Crippen LogP) is 3.37. The average molecular weight is 346 g/mol. The van der Waals surface area contributed by atoms with Crippen LogP contribution in [0.15, 0.2) is 18.2 Å². The SMILES string of the molecule is CC1c2ccc(CN3CCOCC3)cc2CCN1C(=O)OC(C)(C)C. The second-order valence-electron chi connectivity index (χ2n) is 8.02. The van der Waals surface area contributed by atoms with Gasteiger partial charge < -0.3 is 14.4 Å². The van der Waals surface area contributed by atoms with Gasteiger partial charge >= 0.3 is 6.09 Å². The minimum Gasteiger partial charge on any atom is -0.444 e. The molecule has 0 aromatic heterocycles. The van der Waals surface area contributed by atoms with Crippen molar-refractivity contribution in [3.63, 3.8) is 0 Å². The number of fused-ring (bicyclic) bond motifs is 1. The molecule has 0 N–H and O–H groups in total. The Morgan fingerprint density at radius 1 is 1.24 bits per heavy atom. The fourth-order valence-corrected chi connectivity index (χ4v) is 3.57. The summed E-state index contributed by atoms with van der Waals surface area (Å²) in [6, 6.07) is 6.75. The zero-order valence-corrected chi connectivity index (χ0v) is 15.9. The Balaban J connectivity index is 1.69. The molecule has 1 aromatic carbocycles. The maximum absolute atomic E-state index is 12.4. The largest absolute Gasteiger partial charge is 0.444 e. The number of amides is 1. The van der Waals surface area contributed by atoms with Crippen molar-refractivity contribution >= 4 is 6.09 Å². The summed E-state index contributed by atoms with van der Waals surface area (Å²) in [5, 5.41) is 0. The van der Waals surface area contributed by atoms with Crippen LogP contribution in [-0.4, -0.2) is 54.3 Å². The van der Waals surface area contributed by atoms with Gasteiger partial charge in [0.2, 0.25) is 0 Å². The molecular weight excluding hydrogens is 316 g/mol. The Morgan fingerprint density at radius 3 is 2.64 bits per heavy atom. The maximum atomic E-state index is 12.4. The molecule has 0 spiro atoms. The van der Waals surface area contributed by atoms with E-state index in [1.54, 1.807) is 0 Å². The lowest BCUT2D eigenvalue weighted by atomic mass is 9.92. The number of rotatable bonds is 2. The standard InChI is InChI=1S/C20H30N2O3/c1-15-18-6-5-16(14-21-9-11-24-12-10-21)13-17(18)7-8-22(15)19(23)25-20(2,3)4/h5-6,13,15H,7-12,14H2,1-4H3. The highest BCUT2D eigenvalue weighted by Crippen LogP contribution is 2.31. The van der Waals surface area contributed by atoms with Crippen molar-refractivity contribution in [1.82, 2.24) is 9.80 Å². The van der Waals surface area contributed by atoms with Crippen molar-refractivity contribution in [3.05, 3.63) is 34.9 Å². The third-order valence-corrected chi connectivity index (χ3v) is 4.88. The molecule has 1 unspecified atom stereocenters. The molecule has 2 aliphatic heterocycles. The highest BCUT2D eigenvalue weighted by Gasteiger charge is 2.31. The van der Waals surface area contributed by atoms with Gasteiger partial charge in [0.1, 0.15) is 5.60 Å². The number of ether oxygens (including phenoxy) is 2. The third kappa shape index (κ3) is 4.53.